The van der Waals surface area contributed by atoms with Gasteiger partial charge in [0, 0.05) is 34.5 Å². The van der Waals surface area contributed by atoms with E-state index in [0.717, 1.165) is 38.9 Å². The largest absolute Gasteiger partial charge is 0.361 e. The van der Waals surface area contributed by atoms with Crippen LogP contribution in [0.4, 0.5) is 11.6 Å². The van der Waals surface area contributed by atoms with E-state index >= 15 is 0 Å². The van der Waals surface area contributed by atoms with E-state index in [9.17, 15) is 0 Å². The molecule has 1 aliphatic rings. The van der Waals surface area contributed by atoms with Gasteiger partial charge in [-0.3, -0.25) is 4.68 Å². The van der Waals surface area contributed by atoms with Crippen molar-refractivity contribution in [3.8, 4) is 11.3 Å². The minimum Gasteiger partial charge on any atom is -0.361 e. The molecule has 0 unspecified atom stereocenters. The Kier molecular flexibility index (Phi) is 4.06. The first-order valence-corrected chi connectivity index (χ1v) is 10.7. The summed E-state index contributed by atoms with van der Waals surface area (Å²) >= 11 is 6.39. The third-order valence-electron chi connectivity index (χ3n) is 5.97. The topological polar surface area (TPSA) is 74.3 Å². The van der Waals surface area contributed by atoms with E-state index in [1.165, 1.54) is 25.7 Å². The molecular formula is C23H21ClN6. The number of benzene rings is 2. The molecule has 5 aromatic rings. The van der Waals surface area contributed by atoms with Gasteiger partial charge in [0.25, 0.3) is 0 Å². The molecule has 3 heterocycles. The smallest absolute Gasteiger partial charge is 0.205 e. The summed E-state index contributed by atoms with van der Waals surface area (Å²) in [6.45, 7) is 0. The molecular weight excluding hydrogens is 396 g/mol. The number of nitrogens with one attached hydrogen (secondary N) is 3. The molecule has 2 aromatic carbocycles. The van der Waals surface area contributed by atoms with Gasteiger partial charge in [-0.2, -0.15) is 5.10 Å². The van der Waals surface area contributed by atoms with Gasteiger partial charge in [-0.15, -0.1) is 0 Å². The van der Waals surface area contributed by atoms with Crippen LogP contribution in [0.5, 0.6) is 0 Å². The summed E-state index contributed by atoms with van der Waals surface area (Å²) in [5.74, 6) is 0.681. The summed E-state index contributed by atoms with van der Waals surface area (Å²) in [4.78, 5) is 11.2. The molecule has 0 radical (unpaired) electrons. The van der Waals surface area contributed by atoms with E-state index in [2.05, 4.69) is 49.3 Å². The monoisotopic (exact) mass is 416 g/mol. The van der Waals surface area contributed by atoms with Crippen molar-refractivity contribution in [1.29, 1.82) is 0 Å². The minimum absolute atomic E-state index is 0.550. The molecule has 30 heavy (non-hydrogen) atoms. The highest BCUT2D eigenvalue weighted by atomic mass is 35.5. The van der Waals surface area contributed by atoms with Gasteiger partial charge in [-0.1, -0.05) is 30.5 Å². The highest BCUT2D eigenvalue weighted by molar-refractivity contribution is 6.35. The molecule has 6 nitrogen and oxygen atoms in total. The molecule has 0 saturated heterocycles. The highest BCUT2D eigenvalue weighted by Gasteiger charge is 2.18. The van der Waals surface area contributed by atoms with Crippen LogP contribution in [0.3, 0.4) is 0 Å². The summed E-state index contributed by atoms with van der Waals surface area (Å²) in [7, 11) is 0. The molecule has 0 atom stereocenters. The second-order valence-corrected chi connectivity index (χ2v) is 8.37. The second kappa shape index (κ2) is 6.92. The maximum Gasteiger partial charge on any atom is 0.205 e. The van der Waals surface area contributed by atoms with Crippen LogP contribution in [0.1, 0.15) is 31.7 Å². The van der Waals surface area contributed by atoms with Crippen molar-refractivity contribution in [2.45, 2.75) is 31.7 Å². The number of H-pyrrole nitrogens is 2. The average Bonchev–Trinajstić information content (AvgIpc) is 3.52. The first-order valence-electron chi connectivity index (χ1n) is 10.3. The zero-order chi connectivity index (χ0) is 20.1. The molecule has 0 bridgehead atoms. The maximum atomic E-state index is 6.39. The van der Waals surface area contributed by atoms with Crippen LogP contribution in [0.25, 0.3) is 33.2 Å². The fourth-order valence-corrected chi connectivity index (χ4v) is 4.70. The molecule has 3 N–H and O–H groups in total. The molecule has 0 spiro atoms. The van der Waals surface area contributed by atoms with Crippen molar-refractivity contribution in [1.82, 2.24) is 24.7 Å². The number of aromatic amines is 2. The third-order valence-corrected chi connectivity index (χ3v) is 6.28. The number of fused-ring (bicyclic) bond motifs is 2. The fourth-order valence-electron chi connectivity index (χ4n) is 4.42. The number of imidazole rings is 1. The van der Waals surface area contributed by atoms with Gasteiger partial charge in [0.2, 0.25) is 5.95 Å². The number of rotatable bonds is 4. The normalized spacial score (nSPS) is 14.8. The number of anilines is 2. The molecule has 7 heteroatoms. The summed E-state index contributed by atoms with van der Waals surface area (Å²) in [5, 5.41) is 9.86. The maximum absolute atomic E-state index is 6.39. The number of nitrogens with zero attached hydrogens (tertiary/aromatic N) is 3. The number of hydrogen-bond donors (Lipinski definition) is 3. The molecule has 6 rings (SSSR count). The predicted octanol–water partition coefficient (Wildman–Crippen LogP) is 6.42. The van der Waals surface area contributed by atoms with Crippen molar-refractivity contribution in [2.75, 3.05) is 5.32 Å². The van der Waals surface area contributed by atoms with Crippen LogP contribution >= 0.6 is 11.6 Å². The molecule has 0 aliphatic heterocycles. The van der Waals surface area contributed by atoms with Gasteiger partial charge in [0.05, 0.1) is 27.8 Å². The first kappa shape index (κ1) is 17.6. The molecule has 1 fully saturated rings. The van der Waals surface area contributed by atoms with Crippen molar-refractivity contribution >= 4 is 45.2 Å². The van der Waals surface area contributed by atoms with E-state index < -0.39 is 0 Å². The minimum atomic E-state index is 0.550. The molecule has 3 aromatic heterocycles. The Balaban J connectivity index is 1.29. The highest BCUT2D eigenvalue weighted by Crippen LogP contribution is 2.31. The van der Waals surface area contributed by atoms with Crippen LogP contribution in [-0.2, 0) is 0 Å². The Morgan fingerprint density at radius 3 is 2.83 bits per heavy atom. The Hall–Kier alpha value is -3.25. The lowest BCUT2D eigenvalue weighted by Gasteiger charge is -2.08. The van der Waals surface area contributed by atoms with Gasteiger partial charge < -0.3 is 15.3 Å². The lowest BCUT2D eigenvalue weighted by Crippen LogP contribution is -2.04. The Morgan fingerprint density at radius 2 is 1.93 bits per heavy atom. The van der Waals surface area contributed by atoms with Crippen molar-refractivity contribution in [3.63, 3.8) is 0 Å². The summed E-state index contributed by atoms with van der Waals surface area (Å²) < 4.78 is 2.13. The fraction of sp³-hybridized carbons (Fsp3) is 0.217. The van der Waals surface area contributed by atoms with E-state index in [-0.39, 0.29) is 0 Å². The zero-order valence-corrected chi connectivity index (χ0v) is 17.1. The summed E-state index contributed by atoms with van der Waals surface area (Å²) in [5.41, 5.74) is 5.83. The van der Waals surface area contributed by atoms with Crippen LogP contribution < -0.4 is 5.32 Å². The molecule has 1 aliphatic carbocycles. The third kappa shape index (κ3) is 3.04. The number of halogens is 1. The van der Waals surface area contributed by atoms with Crippen molar-refractivity contribution in [2.24, 2.45) is 0 Å². The Morgan fingerprint density at radius 1 is 1.03 bits per heavy atom. The molecule has 0 amide bonds. The molecule has 1 saturated carbocycles. The van der Waals surface area contributed by atoms with E-state index in [1.54, 1.807) is 0 Å². The van der Waals surface area contributed by atoms with Gasteiger partial charge >= 0.3 is 0 Å². The van der Waals surface area contributed by atoms with Crippen LogP contribution in [0.2, 0.25) is 5.02 Å². The van der Waals surface area contributed by atoms with Crippen LogP contribution in [-0.4, -0.2) is 24.7 Å². The second-order valence-electron chi connectivity index (χ2n) is 7.96. The Labute approximate surface area is 178 Å². The van der Waals surface area contributed by atoms with Crippen LogP contribution in [0.15, 0.2) is 54.9 Å². The predicted molar refractivity (Wildman–Crippen MR) is 121 cm³/mol. The SMILES string of the molecule is Clc1cc(Nc2nc3ccc(-c4ccn(C5CCCC5)n4)cc3[nH]2)cc2[nH]ccc12. The van der Waals surface area contributed by atoms with Gasteiger partial charge in [0.15, 0.2) is 0 Å². The van der Waals surface area contributed by atoms with E-state index in [4.69, 9.17) is 16.7 Å². The van der Waals surface area contributed by atoms with Crippen LogP contribution in [0, 0.1) is 0 Å². The average molecular weight is 417 g/mol. The van der Waals surface area contributed by atoms with Gasteiger partial charge in [-0.25, -0.2) is 4.98 Å². The van der Waals surface area contributed by atoms with E-state index in [1.807, 2.05) is 30.5 Å². The zero-order valence-electron chi connectivity index (χ0n) is 16.3. The van der Waals surface area contributed by atoms with Crippen molar-refractivity contribution in [3.05, 3.63) is 59.9 Å². The number of hydrogen-bond acceptors (Lipinski definition) is 3. The van der Waals surface area contributed by atoms with Gasteiger partial charge in [0.1, 0.15) is 0 Å². The van der Waals surface area contributed by atoms with Crippen molar-refractivity contribution < 1.29 is 0 Å². The molecule has 150 valence electrons. The summed E-state index contributed by atoms with van der Waals surface area (Å²) in [6.07, 6.45) is 9.06. The lowest BCUT2D eigenvalue weighted by molar-refractivity contribution is 0.468. The van der Waals surface area contributed by atoms with E-state index in [0.29, 0.717) is 17.0 Å². The number of aromatic nitrogens is 5. The van der Waals surface area contributed by atoms with Gasteiger partial charge in [-0.05, 0) is 49.2 Å². The Bertz CT molecular complexity index is 1350. The first-order chi connectivity index (χ1) is 14.7. The quantitative estimate of drug-likeness (QED) is 0.316. The lowest BCUT2D eigenvalue weighted by atomic mass is 10.1. The standard InChI is InChI=1S/C23H21ClN6/c24-18-12-15(13-21-17(18)7-9-25-21)26-23-27-20-6-5-14(11-22(20)28-23)19-8-10-30(29-19)16-3-1-2-4-16/h5-13,16,25H,1-4H2,(H2,26,27,28). The summed E-state index contributed by atoms with van der Waals surface area (Å²) in [6, 6.07) is 14.8.